The molecule has 0 saturated carbocycles. The second kappa shape index (κ2) is 9.31. The van der Waals surface area contributed by atoms with Crippen LogP contribution in [-0.4, -0.2) is 34.9 Å². The number of benzene rings is 2. The van der Waals surface area contributed by atoms with Gasteiger partial charge < -0.3 is 5.32 Å². The van der Waals surface area contributed by atoms with Gasteiger partial charge in [-0.15, -0.1) is 0 Å². The van der Waals surface area contributed by atoms with Gasteiger partial charge in [-0.3, -0.25) is 14.7 Å². The van der Waals surface area contributed by atoms with E-state index in [1.807, 2.05) is 4.90 Å². The van der Waals surface area contributed by atoms with Crippen LogP contribution in [0.5, 0.6) is 0 Å². The molecule has 31 heavy (non-hydrogen) atoms. The van der Waals surface area contributed by atoms with Gasteiger partial charge in [-0.1, -0.05) is 18.2 Å². The van der Waals surface area contributed by atoms with Gasteiger partial charge in [-0.05, 0) is 49.2 Å². The fourth-order valence-electron chi connectivity index (χ4n) is 3.76. The van der Waals surface area contributed by atoms with Crippen molar-refractivity contribution in [2.75, 3.05) is 13.1 Å². The topological polar surface area (TPSA) is 45.2 Å². The quantitative estimate of drug-likeness (QED) is 0.652. The molecular formula is C24H22F3N3O. The van der Waals surface area contributed by atoms with Crippen molar-refractivity contribution in [2.45, 2.75) is 25.4 Å². The van der Waals surface area contributed by atoms with Gasteiger partial charge in [0.15, 0.2) is 0 Å². The van der Waals surface area contributed by atoms with Crippen molar-refractivity contribution in [2.24, 2.45) is 0 Å². The van der Waals surface area contributed by atoms with E-state index in [4.69, 9.17) is 0 Å². The van der Waals surface area contributed by atoms with Gasteiger partial charge in [0.05, 0.1) is 11.3 Å². The molecule has 0 bridgehead atoms. The zero-order valence-electron chi connectivity index (χ0n) is 16.8. The summed E-state index contributed by atoms with van der Waals surface area (Å²) in [5.41, 5.74) is 1.74. The monoisotopic (exact) mass is 425 g/mol. The summed E-state index contributed by atoms with van der Waals surface area (Å²) in [7, 11) is 0. The van der Waals surface area contributed by atoms with Gasteiger partial charge in [-0.2, -0.15) is 0 Å². The summed E-state index contributed by atoms with van der Waals surface area (Å²) in [6.45, 7) is 1.48. The molecule has 1 fully saturated rings. The van der Waals surface area contributed by atoms with Crippen molar-refractivity contribution >= 4 is 5.91 Å². The highest BCUT2D eigenvalue weighted by molar-refractivity contribution is 5.94. The molecule has 1 aromatic heterocycles. The largest absolute Gasteiger partial charge is 0.349 e. The SMILES string of the molecule is O=C(NC1CCN(Cc2c(F)cccc2F)CC1)c1ccc(-c2cccc(F)c2)nc1. The average molecular weight is 425 g/mol. The van der Waals surface area contributed by atoms with Crippen LogP contribution in [0.1, 0.15) is 28.8 Å². The fraction of sp³-hybridized carbons (Fsp3) is 0.250. The first-order chi connectivity index (χ1) is 15.0. The maximum atomic E-state index is 13.9. The van der Waals surface area contributed by atoms with Crippen LogP contribution in [0.25, 0.3) is 11.3 Å². The van der Waals surface area contributed by atoms with E-state index in [2.05, 4.69) is 10.3 Å². The lowest BCUT2D eigenvalue weighted by Crippen LogP contribution is -2.44. The number of halogens is 3. The molecule has 1 amide bonds. The Hall–Kier alpha value is -3.19. The number of likely N-dealkylation sites (tertiary alicyclic amines) is 1. The highest BCUT2D eigenvalue weighted by atomic mass is 19.1. The van der Waals surface area contributed by atoms with Gasteiger partial charge in [0.1, 0.15) is 17.5 Å². The highest BCUT2D eigenvalue weighted by Gasteiger charge is 2.23. The lowest BCUT2D eigenvalue weighted by molar-refractivity contribution is 0.0908. The Bertz CT molecular complexity index is 1040. The molecule has 0 unspecified atom stereocenters. The Labute approximate surface area is 178 Å². The number of aromatic nitrogens is 1. The predicted octanol–water partition coefficient (Wildman–Crippen LogP) is 4.56. The third-order valence-corrected chi connectivity index (χ3v) is 5.51. The minimum Gasteiger partial charge on any atom is -0.349 e. The van der Waals surface area contributed by atoms with Gasteiger partial charge >= 0.3 is 0 Å². The Morgan fingerprint density at radius 3 is 2.35 bits per heavy atom. The second-order valence-corrected chi connectivity index (χ2v) is 7.67. The molecule has 7 heteroatoms. The van der Waals surface area contributed by atoms with Crippen molar-refractivity contribution in [3.05, 3.63) is 89.4 Å². The first kappa shape index (κ1) is 21.1. The zero-order chi connectivity index (χ0) is 21.8. The molecule has 4 nitrogen and oxygen atoms in total. The zero-order valence-corrected chi connectivity index (χ0v) is 16.8. The molecule has 2 aromatic carbocycles. The van der Waals surface area contributed by atoms with Gasteiger partial charge in [0.2, 0.25) is 0 Å². The van der Waals surface area contributed by atoms with E-state index in [1.54, 1.807) is 24.3 Å². The van der Waals surface area contributed by atoms with Crippen LogP contribution >= 0.6 is 0 Å². The normalized spacial score (nSPS) is 15.1. The summed E-state index contributed by atoms with van der Waals surface area (Å²) in [4.78, 5) is 18.8. The molecule has 4 rings (SSSR count). The van der Waals surface area contributed by atoms with Crippen molar-refractivity contribution in [1.82, 2.24) is 15.2 Å². The molecule has 160 valence electrons. The van der Waals surface area contributed by atoms with E-state index in [-0.39, 0.29) is 29.9 Å². The molecule has 0 aliphatic carbocycles. The smallest absolute Gasteiger partial charge is 0.253 e. The van der Waals surface area contributed by atoms with E-state index >= 15 is 0 Å². The minimum absolute atomic E-state index is 0.0166. The number of carbonyl (C=O) groups is 1. The summed E-state index contributed by atoms with van der Waals surface area (Å²) in [6, 6.07) is 13.3. The summed E-state index contributed by atoms with van der Waals surface area (Å²) >= 11 is 0. The summed E-state index contributed by atoms with van der Waals surface area (Å²) in [5.74, 6) is -1.64. The summed E-state index contributed by atoms with van der Waals surface area (Å²) in [5, 5.41) is 3.00. The van der Waals surface area contributed by atoms with Gasteiger partial charge in [0, 0.05) is 43.0 Å². The lowest BCUT2D eigenvalue weighted by Gasteiger charge is -2.32. The van der Waals surface area contributed by atoms with E-state index in [9.17, 15) is 18.0 Å². The van der Waals surface area contributed by atoms with Gasteiger partial charge in [0.25, 0.3) is 5.91 Å². The number of nitrogens with zero attached hydrogens (tertiary/aromatic N) is 2. The summed E-state index contributed by atoms with van der Waals surface area (Å²) in [6.07, 6.45) is 2.86. The number of hydrogen-bond donors (Lipinski definition) is 1. The van der Waals surface area contributed by atoms with Crippen LogP contribution in [0.3, 0.4) is 0 Å². The minimum atomic E-state index is -0.537. The van der Waals surface area contributed by atoms with Crippen LogP contribution in [0, 0.1) is 17.5 Å². The first-order valence-corrected chi connectivity index (χ1v) is 10.2. The number of nitrogens with one attached hydrogen (secondary N) is 1. The molecule has 2 heterocycles. The number of piperidine rings is 1. The average Bonchev–Trinajstić information content (AvgIpc) is 2.78. The van der Waals surface area contributed by atoms with Crippen LogP contribution in [-0.2, 0) is 6.54 Å². The number of pyridine rings is 1. The van der Waals surface area contributed by atoms with Crippen LogP contribution in [0.4, 0.5) is 13.2 Å². The highest BCUT2D eigenvalue weighted by Crippen LogP contribution is 2.20. The van der Waals surface area contributed by atoms with Crippen molar-refractivity contribution in [1.29, 1.82) is 0 Å². The third-order valence-electron chi connectivity index (χ3n) is 5.51. The van der Waals surface area contributed by atoms with Crippen molar-refractivity contribution in [3.8, 4) is 11.3 Å². The molecule has 0 radical (unpaired) electrons. The third kappa shape index (κ3) is 5.11. The molecule has 1 N–H and O–H groups in total. The molecule has 1 aliphatic heterocycles. The van der Waals surface area contributed by atoms with Crippen LogP contribution in [0.2, 0.25) is 0 Å². The predicted molar refractivity (Wildman–Crippen MR) is 112 cm³/mol. The summed E-state index contributed by atoms with van der Waals surface area (Å²) < 4.78 is 41.1. The standard InChI is InChI=1S/C24H22F3N3O/c25-18-4-1-3-16(13-18)23-8-7-17(14-28-23)24(31)29-19-9-11-30(12-10-19)15-20-21(26)5-2-6-22(20)27/h1-8,13-14,19H,9-12,15H2,(H,29,31). The number of amides is 1. The molecular weight excluding hydrogens is 403 g/mol. The first-order valence-electron chi connectivity index (χ1n) is 10.2. The Morgan fingerprint density at radius 2 is 1.71 bits per heavy atom. The Morgan fingerprint density at radius 1 is 1.00 bits per heavy atom. The second-order valence-electron chi connectivity index (χ2n) is 7.67. The number of hydrogen-bond acceptors (Lipinski definition) is 3. The van der Waals surface area contributed by atoms with Crippen LogP contribution in [0.15, 0.2) is 60.8 Å². The fourth-order valence-corrected chi connectivity index (χ4v) is 3.76. The lowest BCUT2D eigenvalue weighted by atomic mass is 10.0. The van der Waals surface area contributed by atoms with E-state index in [1.165, 1.54) is 36.5 Å². The molecule has 0 spiro atoms. The van der Waals surface area contributed by atoms with Crippen molar-refractivity contribution < 1.29 is 18.0 Å². The Balaban J connectivity index is 1.31. The maximum Gasteiger partial charge on any atom is 0.253 e. The molecule has 1 saturated heterocycles. The van der Waals surface area contributed by atoms with E-state index in [0.717, 1.165) is 0 Å². The maximum absolute atomic E-state index is 13.9. The molecule has 3 aromatic rings. The molecule has 0 atom stereocenters. The Kier molecular flexibility index (Phi) is 6.32. The number of carbonyl (C=O) groups excluding carboxylic acids is 1. The van der Waals surface area contributed by atoms with Gasteiger partial charge in [-0.25, -0.2) is 13.2 Å². The molecule has 1 aliphatic rings. The van der Waals surface area contributed by atoms with Crippen LogP contribution < -0.4 is 5.32 Å². The van der Waals surface area contributed by atoms with Crippen molar-refractivity contribution in [3.63, 3.8) is 0 Å². The number of rotatable bonds is 5. The van der Waals surface area contributed by atoms with E-state index in [0.29, 0.717) is 42.8 Å². The van der Waals surface area contributed by atoms with E-state index < -0.39 is 11.6 Å².